The number of benzene rings is 3. The van der Waals surface area contributed by atoms with Crippen molar-refractivity contribution in [2.45, 2.75) is 36.6 Å². The van der Waals surface area contributed by atoms with Crippen molar-refractivity contribution in [2.75, 3.05) is 16.9 Å². The van der Waals surface area contributed by atoms with Gasteiger partial charge in [0, 0.05) is 22.6 Å². The van der Waals surface area contributed by atoms with Crippen molar-refractivity contribution in [3.8, 4) is 0 Å². The fraction of sp³-hybridized carbons (Fsp3) is 0.222. The Morgan fingerprint density at radius 2 is 1.52 bits per heavy atom. The van der Waals surface area contributed by atoms with Gasteiger partial charge >= 0.3 is 0 Å². The van der Waals surface area contributed by atoms with E-state index in [9.17, 15) is 4.79 Å². The summed E-state index contributed by atoms with van der Waals surface area (Å²) in [4.78, 5) is 14.8. The van der Waals surface area contributed by atoms with Gasteiger partial charge < -0.3 is 10.6 Å². The molecule has 1 heterocycles. The number of thioether (sulfide) groups is 1. The minimum absolute atomic E-state index is 0.159. The van der Waals surface area contributed by atoms with Crippen LogP contribution in [0.25, 0.3) is 0 Å². The van der Waals surface area contributed by atoms with Crippen LogP contribution in [0.3, 0.4) is 0 Å². The molecule has 2 N–H and O–H groups in total. The van der Waals surface area contributed by atoms with Gasteiger partial charge in [-0.3, -0.25) is 4.79 Å². The summed E-state index contributed by atoms with van der Waals surface area (Å²) in [6.45, 7) is 2.10. The molecule has 4 heteroatoms. The van der Waals surface area contributed by atoms with Crippen LogP contribution in [0.2, 0.25) is 0 Å². The van der Waals surface area contributed by atoms with Crippen LogP contribution >= 0.6 is 11.8 Å². The second-order valence-corrected chi connectivity index (χ2v) is 9.23. The SMILES string of the molecule is CSc1ccc(C2Nc3ccccc3NC3=C2C(=O)CC(c2ccc(C)cc2)C3)cc1. The third kappa shape index (κ3) is 3.88. The number of carbonyl (C=O) groups is 1. The molecule has 0 radical (unpaired) electrons. The maximum absolute atomic E-state index is 13.5. The highest BCUT2D eigenvalue weighted by Gasteiger charge is 2.35. The minimum Gasteiger partial charge on any atom is -0.372 e. The first-order valence-electron chi connectivity index (χ1n) is 10.7. The molecule has 0 saturated heterocycles. The Morgan fingerprint density at radius 3 is 2.23 bits per heavy atom. The van der Waals surface area contributed by atoms with E-state index >= 15 is 0 Å². The molecule has 2 aliphatic rings. The lowest BCUT2D eigenvalue weighted by molar-refractivity contribution is -0.116. The number of para-hydroxylation sites is 2. The maximum atomic E-state index is 13.5. The van der Waals surface area contributed by atoms with Crippen LogP contribution in [-0.4, -0.2) is 12.0 Å². The Bertz CT molecular complexity index is 1150. The van der Waals surface area contributed by atoms with Gasteiger partial charge in [-0.25, -0.2) is 0 Å². The average Bonchev–Trinajstić information content (AvgIpc) is 2.96. The number of anilines is 2. The highest BCUT2D eigenvalue weighted by Crippen LogP contribution is 2.44. The number of ketones is 1. The molecule has 1 aliphatic heterocycles. The van der Waals surface area contributed by atoms with Gasteiger partial charge in [0.1, 0.15) is 0 Å². The quantitative estimate of drug-likeness (QED) is 0.458. The summed E-state index contributed by atoms with van der Waals surface area (Å²) in [5.41, 5.74) is 7.55. The Hall–Kier alpha value is -2.98. The molecule has 0 bridgehead atoms. The van der Waals surface area contributed by atoms with E-state index in [1.165, 1.54) is 16.0 Å². The third-order valence-corrected chi connectivity index (χ3v) is 7.05. The summed E-state index contributed by atoms with van der Waals surface area (Å²) in [5, 5.41) is 7.27. The number of nitrogens with one attached hydrogen (secondary N) is 2. The Kier molecular flexibility index (Phi) is 5.33. The number of allylic oxidation sites excluding steroid dienone is 1. The predicted octanol–water partition coefficient (Wildman–Crippen LogP) is 6.70. The lowest BCUT2D eigenvalue weighted by Crippen LogP contribution is -2.26. The zero-order valence-corrected chi connectivity index (χ0v) is 18.6. The van der Waals surface area contributed by atoms with Crippen molar-refractivity contribution >= 4 is 28.9 Å². The summed E-state index contributed by atoms with van der Waals surface area (Å²) < 4.78 is 0. The van der Waals surface area contributed by atoms with Crippen LogP contribution in [0.4, 0.5) is 11.4 Å². The predicted molar refractivity (Wildman–Crippen MR) is 130 cm³/mol. The molecule has 2 atom stereocenters. The standard InChI is InChI=1S/C27H26N2OS/c1-17-7-9-18(10-8-17)20-15-24-26(25(30)16-20)27(19-11-13-21(31-2)14-12-19)29-23-6-4-3-5-22(23)28-24/h3-14,20,27-29H,15-16H2,1-2H3. The second-order valence-electron chi connectivity index (χ2n) is 8.35. The number of carbonyl (C=O) groups excluding carboxylic acids is 1. The van der Waals surface area contributed by atoms with E-state index < -0.39 is 0 Å². The summed E-state index contributed by atoms with van der Waals surface area (Å²) in [5.74, 6) is 0.419. The lowest BCUT2D eigenvalue weighted by atomic mass is 9.78. The fourth-order valence-corrected chi connectivity index (χ4v) is 5.02. The van der Waals surface area contributed by atoms with Crippen LogP contribution in [-0.2, 0) is 4.79 Å². The first kappa shape index (κ1) is 20.0. The van der Waals surface area contributed by atoms with Crippen molar-refractivity contribution in [2.24, 2.45) is 0 Å². The molecule has 0 fully saturated rings. The van der Waals surface area contributed by atoms with Crippen molar-refractivity contribution in [3.63, 3.8) is 0 Å². The molecule has 3 aromatic rings. The molecule has 0 amide bonds. The Morgan fingerprint density at radius 1 is 0.839 bits per heavy atom. The minimum atomic E-state index is -0.159. The van der Waals surface area contributed by atoms with Gasteiger partial charge in [0.25, 0.3) is 0 Å². The molecular formula is C27H26N2OS. The van der Waals surface area contributed by atoms with E-state index in [1.807, 2.05) is 12.1 Å². The molecule has 1 aliphatic carbocycles. The van der Waals surface area contributed by atoms with Gasteiger partial charge in [-0.1, -0.05) is 54.1 Å². The van der Waals surface area contributed by atoms with E-state index in [0.717, 1.165) is 34.6 Å². The van der Waals surface area contributed by atoms with Gasteiger partial charge in [0.05, 0.1) is 17.4 Å². The van der Waals surface area contributed by atoms with E-state index in [0.29, 0.717) is 6.42 Å². The first-order chi connectivity index (χ1) is 15.1. The Balaban J connectivity index is 1.58. The summed E-state index contributed by atoms with van der Waals surface area (Å²) in [7, 11) is 0. The van der Waals surface area contributed by atoms with Gasteiger partial charge in [-0.2, -0.15) is 0 Å². The molecule has 31 heavy (non-hydrogen) atoms. The first-order valence-corrected chi connectivity index (χ1v) is 11.9. The number of aryl methyl sites for hydroxylation is 1. The number of rotatable bonds is 3. The molecular weight excluding hydrogens is 400 g/mol. The van der Waals surface area contributed by atoms with Crippen LogP contribution in [0, 0.1) is 6.92 Å². The van der Waals surface area contributed by atoms with E-state index in [4.69, 9.17) is 0 Å². The molecule has 2 unspecified atom stereocenters. The van der Waals surface area contributed by atoms with E-state index in [1.54, 1.807) is 11.8 Å². The van der Waals surface area contributed by atoms with Gasteiger partial charge in [0.15, 0.2) is 5.78 Å². The monoisotopic (exact) mass is 426 g/mol. The number of hydrogen-bond donors (Lipinski definition) is 2. The van der Waals surface area contributed by atoms with Gasteiger partial charge in [0.2, 0.25) is 0 Å². The smallest absolute Gasteiger partial charge is 0.163 e. The molecule has 3 nitrogen and oxygen atoms in total. The van der Waals surface area contributed by atoms with Crippen LogP contribution in [0.1, 0.15) is 41.5 Å². The van der Waals surface area contributed by atoms with Gasteiger partial charge in [-0.15, -0.1) is 11.8 Å². The third-order valence-electron chi connectivity index (χ3n) is 6.31. The van der Waals surface area contributed by atoms with Crippen molar-refractivity contribution in [1.29, 1.82) is 0 Å². The zero-order chi connectivity index (χ0) is 21.4. The molecule has 0 spiro atoms. The zero-order valence-electron chi connectivity index (χ0n) is 17.8. The summed E-state index contributed by atoms with van der Waals surface area (Å²) in [6.07, 6.45) is 3.45. The number of Topliss-reactive ketones (excluding diaryl/α,β-unsaturated/α-hetero) is 1. The van der Waals surface area contributed by atoms with Crippen LogP contribution < -0.4 is 10.6 Å². The van der Waals surface area contributed by atoms with Crippen molar-refractivity contribution in [3.05, 3.63) is 101 Å². The second kappa shape index (κ2) is 8.27. The topological polar surface area (TPSA) is 41.1 Å². The highest BCUT2D eigenvalue weighted by molar-refractivity contribution is 7.98. The normalized spacial score (nSPS) is 20.3. The summed E-state index contributed by atoms with van der Waals surface area (Å²) >= 11 is 1.73. The van der Waals surface area contributed by atoms with Crippen molar-refractivity contribution < 1.29 is 4.79 Å². The lowest BCUT2D eigenvalue weighted by Gasteiger charge is -2.30. The average molecular weight is 427 g/mol. The van der Waals surface area contributed by atoms with Crippen LogP contribution in [0.5, 0.6) is 0 Å². The maximum Gasteiger partial charge on any atom is 0.163 e. The molecule has 156 valence electrons. The molecule has 0 aromatic heterocycles. The fourth-order valence-electron chi connectivity index (χ4n) is 4.61. The number of hydrogen-bond acceptors (Lipinski definition) is 4. The molecule has 0 saturated carbocycles. The molecule has 5 rings (SSSR count). The van der Waals surface area contributed by atoms with Crippen molar-refractivity contribution in [1.82, 2.24) is 0 Å². The van der Waals surface area contributed by atoms with E-state index in [-0.39, 0.29) is 17.7 Å². The Labute approximate surface area is 188 Å². The highest BCUT2D eigenvalue weighted by atomic mass is 32.2. The van der Waals surface area contributed by atoms with E-state index in [2.05, 4.69) is 84.5 Å². The summed E-state index contributed by atoms with van der Waals surface area (Å²) in [6, 6.07) is 25.2. The largest absolute Gasteiger partial charge is 0.372 e. The number of fused-ring (bicyclic) bond motifs is 1. The molecule has 3 aromatic carbocycles. The van der Waals surface area contributed by atoms with Crippen LogP contribution in [0.15, 0.2) is 89.0 Å². The van der Waals surface area contributed by atoms with Gasteiger partial charge in [-0.05, 0) is 60.9 Å².